The Hall–Kier alpha value is -0.610. The van der Waals surface area contributed by atoms with Crippen LogP contribution < -0.4 is 5.32 Å². The summed E-state index contributed by atoms with van der Waals surface area (Å²) in [6.45, 7) is 1.76. The highest BCUT2D eigenvalue weighted by Crippen LogP contribution is 2.28. The van der Waals surface area contributed by atoms with Crippen molar-refractivity contribution >= 4 is 5.91 Å². The average molecular weight is 238 g/mol. The van der Waals surface area contributed by atoms with Crippen molar-refractivity contribution < 1.29 is 9.90 Å². The van der Waals surface area contributed by atoms with Crippen molar-refractivity contribution in [3.63, 3.8) is 0 Å². The number of nitrogens with zero attached hydrogens (tertiary/aromatic N) is 1. The van der Waals surface area contributed by atoms with Crippen LogP contribution >= 0.6 is 0 Å². The molecule has 96 valence electrons. The van der Waals surface area contributed by atoms with E-state index in [1.54, 1.807) is 0 Å². The van der Waals surface area contributed by atoms with E-state index in [1.165, 1.54) is 12.8 Å². The summed E-state index contributed by atoms with van der Waals surface area (Å²) in [6, 6.07) is 0.686. The molecule has 0 spiro atoms. The van der Waals surface area contributed by atoms with Crippen LogP contribution in [-0.4, -0.2) is 47.2 Å². The van der Waals surface area contributed by atoms with Crippen LogP contribution in [0.4, 0.5) is 0 Å². The molecule has 1 amide bonds. The molecule has 1 saturated heterocycles. The molecule has 2 saturated carbocycles. The maximum atomic E-state index is 12.1. The van der Waals surface area contributed by atoms with E-state index in [4.69, 9.17) is 0 Å². The zero-order chi connectivity index (χ0) is 11.8. The van der Waals surface area contributed by atoms with Gasteiger partial charge in [-0.15, -0.1) is 0 Å². The fourth-order valence-electron chi connectivity index (χ4n) is 3.14. The number of amides is 1. The van der Waals surface area contributed by atoms with E-state index in [0.29, 0.717) is 17.9 Å². The van der Waals surface area contributed by atoms with Crippen LogP contribution in [0.1, 0.15) is 38.5 Å². The summed E-state index contributed by atoms with van der Waals surface area (Å²) in [4.78, 5) is 14.1. The quantitative estimate of drug-likeness (QED) is 0.750. The van der Waals surface area contributed by atoms with Crippen molar-refractivity contribution in [2.24, 2.45) is 5.92 Å². The average Bonchev–Trinajstić information content (AvgIpc) is 2.94. The summed E-state index contributed by atoms with van der Waals surface area (Å²) in [6.07, 6.45) is 6.17. The molecule has 3 aliphatic rings. The molecule has 0 bridgehead atoms. The smallest absolute Gasteiger partial charge is 0.239 e. The molecule has 3 rings (SSSR count). The van der Waals surface area contributed by atoms with Crippen molar-refractivity contribution in [3.8, 4) is 0 Å². The molecule has 3 atom stereocenters. The van der Waals surface area contributed by atoms with Crippen LogP contribution in [-0.2, 0) is 4.79 Å². The van der Waals surface area contributed by atoms with Gasteiger partial charge in [0.2, 0.25) is 5.91 Å². The molecule has 4 nitrogen and oxygen atoms in total. The summed E-state index contributed by atoms with van der Waals surface area (Å²) < 4.78 is 0. The lowest BCUT2D eigenvalue weighted by Gasteiger charge is -2.21. The Bertz CT molecular complexity index is 304. The molecule has 2 N–H and O–H groups in total. The molecule has 17 heavy (non-hydrogen) atoms. The van der Waals surface area contributed by atoms with Crippen LogP contribution in [0, 0.1) is 5.92 Å². The number of aliphatic hydroxyl groups is 1. The zero-order valence-corrected chi connectivity index (χ0v) is 10.3. The summed E-state index contributed by atoms with van der Waals surface area (Å²) in [5.41, 5.74) is 0. The second kappa shape index (κ2) is 4.58. The molecule has 0 radical (unpaired) electrons. The van der Waals surface area contributed by atoms with E-state index in [2.05, 4.69) is 5.32 Å². The van der Waals surface area contributed by atoms with Gasteiger partial charge in [0.25, 0.3) is 0 Å². The molecular formula is C13H22N2O2. The van der Waals surface area contributed by atoms with Crippen molar-refractivity contribution in [2.45, 2.75) is 56.7 Å². The number of carbonyl (C=O) groups excluding carboxylic acids is 1. The molecule has 1 aliphatic heterocycles. The van der Waals surface area contributed by atoms with Gasteiger partial charge in [-0.25, -0.2) is 0 Å². The number of carbonyl (C=O) groups is 1. The van der Waals surface area contributed by atoms with E-state index in [1.807, 2.05) is 4.90 Å². The largest absolute Gasteiger partial charge is 0.393 e. The Morgan fingerprint density at radius 2 is 2.06 bits per heavy atom. The summed E-state index contributed by atoms with van der Waals surface area (Å²) in [7, 11) is 0. The molecule has 0 aromatic heterocycles. The van der Waals surface area contributed by atoms with E-state index in [0.717, 1.165) is 38.8 Å². The van der Waals surface area contributed by atoms with Gasteiger partial charge in [-0.3, -0.25) is 4.79 Å². The van der Waals surface area contributed by atoms with Gasteiger partial charge < -0.3 is 15.3 Å². The van der Waals surface area contributed by atoms with Gasteiger partial charge in [0, 0.05) is 19.1 Å². The summed E-state index contributed by atoms with van der Waals surface area (Å²) in [5.74, 6) is 0.812. The third kappa shape index (κ3) is 2.63. The Morgan fingerprint density at radius 3 is 2.71 bits per heavy atom. The van der Waals surface area contributed by atoms with Crippen molar-refractivity contribution in [1.29, 1.82) is 0 Å². The van der Waals surface area contributed by atoms with Crippen molar-refractivity contribution in [3.05, 3.63) is 0 Å². The third-order valence-corrected chi connectivity index (χ3v) is 4.30. The Balaban J connectivity index is 1.49. The SMILES string of the molecule is O=C1C(NC2CC2)CCN1CC1CCC(O)C1. The van der Waals surface area contributed by atoms with Crippen LogP contribution in [0.15, 0.2) is 0 Å². The molecule has 0 aromatic carbocycles. The zero-order valence-electron chi connectivity index (χ0n) is 10.3. The predicted molar refractivity (Wildman–Crippen MR) is 64.5 cm³/mol. The van der Waals surface area contributed by atoms with E-state index in [9.17, 15) is 9.90 Å². The van der Waals surface area contributed by atoms with Crippen molar-refractivity contribution in [1.82, 2.24) is 10.2 Å². The van der Waals surface area contributed by atoms with Crippen LogP contribution in [0.5, 0.6) is 0 Å². The fraction of sp³-hybridized carbons (Fsp3) is 0.923. The minimum absolute atomic E-state index is 0.0776. The van der Waals surface area contributed by atoms with Crippen molar-refractivity contribution in [2.75, 3.05) is 13.1 Å². The maximum absolute atomic E-state index is 12.1. The molecule has 3 unspecified atom stereocenters. The predicted octanol–water partition coefficient (Wildman–Crippen LogP) is 0.500. The highest BCUT2D eigenvalue weighted by molar-refractivity contribution is 5.84. The van der Waals surface area contributed by atoms with Gasteiger partial charge in [0.15, 0.2) is 0 Å². The standard InChI is InChI=1S/C13H22N2O2/c16-11-4-1-9(7-11)8-15-6-5-12(13(15)17)14-10-2-3-10/h9-12,14,16H,1-8H2. The number of nitrogens with one attached hydrogen (secondary N) is 1. The lowest BCUT2D eigenvalue weighted by atomic mass is 10.1. The first kappa shape index (κ1) is 11.5. The number of likely N-dealkylation sites (tertiary alicyclic amines) is 1. The van der Waals surface area contributed by atoms with E-state index < -0.39 is 0 Å². The van der Waals surface area contributed by atoms with Gasteiger partial charge in [-0.1, -0.05) is 0 Å². The Kier molecular flexibility index (Phi) is 3.09. The molecule has 2 aliphatic carbocycles. The highest BCUT2D eigenvalue weighted by Gasteiger charge is 2.37. The maximum Gasteiger partial charge on any atom is 0.239 e. The Labute approximate surface area is 102 Å². The molecular weight excluding hydrogens is 216 g/mol. The first-order valence-electron chi connectivity index (χ1n) is 6.95. The normalized spacial score (nSPS) is 38.1. The molecule has 0 aromatic rings. The number of hydrogen-bond acceptors (Lipinski definition) is 3. The van der Waals surface area contributed by atoms with Gasteiger partial charge in [-0.2, -0.15) is 0 Å². The van der Waals surface area contributed by atoms with Gasteiger partial charge >= 0.3 is 0 Å². The van der Waals surface area contributed by atoms with Gasteiger partial charge in [-0.05, 0) is 44.4 Å². The second-order valence-corrected chi connectivity index (χ2v) is 5.90. The van der Waals surface area contributed by atoms with Crippen LogP contribution in [0.25, 0.3) is 0 Å². The lowest BCUT2D eigenvalue weighted by Crippen LogP contribution is -2.40. The van der Waals surface area contributed by atoms with Gasteiger partial charge in [0.1, 0.15) is 0 Å². The number of hydrogen-bond donors (Lipinski definition) is 2. The molecule has 1 heterocycles. The van der Waals surface area contributed by atoms with Crippen LogP contribution in [0.2, 0.25) is 0 Å². The monoisotopic (exact) mass is 238 g/mol. The molecule has 3 fully saturated rings. The minimum atomic E-state index is -0.127. The van der Waals surface area contributed by atoms with Gasteiger partial charge in [0.05, 0.1) is 12.1 Å². The minimum Gasteiger partial charge on any atom is -0.393 e. The number of rotatable bonds is 4. The summed E-state index contributed by atoms with van der Waals surface area (Å²) in [5, 5.41) is 12.9. The lowest BCUT2D eigenvalue weighted by molar-refractivity contribution is -0.130. The Morgan fingerprint density at radius 1 is 1.24 bits per heavy atom. The van der Waals surface area contributed by atoms with Crippen LogP contribution in [0.3, 0.4) is 0 Å². The third-order valence-electron chi connectivity index (χ3n) is 4.30. The fourth-order valence-corrected chi connectivity index (χ4v) is 3.14. The topological polar surface area (TPSA) is 52.6 Å². The first-order chi connectivity index (χ1) is 8.22. The summed E-state index contributed by atoms with van der Waals surface area (Å²) >= 11 is 0. The first-order valence-corrected chi connectivity index (χ1v) is 6.95. The van der Waals surface area contributed by atoms with E-state index >= 15 is 0 Å². The highest BCUT2D eigenvalue weighted by atomic mass is 16.3. The molecule has 4 heteroatoms. The second-order valence-electron chi connectivity index (χ2n) is 5.90. The number of aliphatic hydroxyl groups excluding tert-OH is 1. The van der Waals surface area contributed by atoms with E-state index in [-0.39, 0.29) is 12.1 Å².